The SMILES string of the molecule is CCCC(=O)NCc1ccc(N(C)C)nc1. The van der Waals surface area contributed by atoms with Crippen LogP contribution in [-0.2, 0) is 11.3 Å². The van der Waals surface area contributed by atoms with Gasteiger partial charge in [-0.3, -0.25) is 4.79 Å². The summed E-state index contributed by atoms with van der Waals surface area (Å²) in [5.74, 6) is 1.02. The van der Waals surface area contributed by atoms with E-state index in [-0.39, 0.29) is 5.91 Å². The Morgan fingerprint density at radius 1 is 1.44 bits per heavy atom. The first-order chi connectivity index (χ1) is 7.63. The van der Waals surface area contributed by atoms with Crippen LogP contribution in [0.5, 0.6) is 0 Å². The number of rotatable bonds is 5. The Bertz CT molecular complexity index is 333. The van der Waals surface area contributed by atoms with E-state index in [1.807, 2.05) is 38.1 Å². The molecule has 1 N–H and O–H groups in total. The van der Waals surface area contributed by atoms with Crippen molar-refractivity contribution >= 4 is 11.7 Å². The van der Waals surface area contributed by atoms with Gasteiger partial charge in [-0.1, -0.05) is 13.0 Å². The summed E-state index contributed by atoms with van der Waals surface area (Å²) >= 11 is 0. The Labute approximate surface area is 96.7 Å². The molecular formula is C12H19N3O. The zero-order valence-electron chi connectivity index (χ0n) is 10.2. The van der Waals surface area contributed by atoms with Crippen LogP contribution < -0.4 is 10.2 Å². The molecule has 0 aromatic carbocycles. The average Bonchev–Trinajstić information content (AvgIpc) is 2.27. The highest BCUT2D eigenvalue weighted by molar-refractivity contribution is 5.75. The molecule has 0 fully saturated rings. The molecule has 1 rings (SSSR count). The number of pyridine rings is 1. The van der Waals surface area contributed by atoms with Crippen LogP contribution in [0.4, 0.5) is 5.82 Å². The third-order valence-electron chi connectivity index (χ3n) is 2.23. The van der Waals surface area contributed by atoms with E-state index in [1.165, 1.54) is 0 Å². The number of aromatic nitrogens is 1. The second-order valence-corrected chi connectivity index (χ2v) is 3.95. The first kappa shape index (κ1) is 12.5. The summed E-state index contributed by atoms with van der Waals surface area (Å²) in [4.78, 5) is 17.5. The van der Waals surface area contributed by atoms with Crippen LogP contribution in [0.25, 0.3) is 0 Å². The Morgan fingerprint density at radius 2 is 2.19 bits per heavy atom. The van der Waals surface area contributed by atoms with Gasteiger partial charge in [0.25, 0.3) is 0 Å². The van der Waals surface area contributed by atoms with Crippen LogP contribution in [-0.4, -0.2) is 25.0 Å². The van der Waals surface area contributed by atoms with Gasteiger partial charge in [0.2, 0.25) is 5.91 Å². The van der Waals surface area contributed by atoms with Gasteiger partial charge in [-0.2, -0.15) is 0 Å². The molecule has 4 heteroatoms. The van der Waals surface area contributed by atoms with E-state index in [2.05, 4.69) is 10.3 Å². The fourth-order valence-corrected chi connectivity index (χ4v) is 1.30. The van der Waals surface area contributed by atoms with E-state index in [1.54, 1.807) is 6.20 Å². The van der Waals surface area contributed by atoms with Crippen LogP contribution in [0, 0.1) is 0 Å². The van der Waals surface area contributed by atoms with Crippen LogP contribution >= 0.6 is 0 Å². The molecule has 1 heterocycles. The van der Waals surface area contributed by atoms with E-state index in [9.17, 15) is 4.79 Å². The summed E-state index contributed by atoms with van der Waals surface area (Å²) in [7, 11) is 3.90. The minimum Gasteiger partial charge on any atom is -0.363 e. The van der Waals surface area contributed by atoms with Gasteiger partial charge in [0.15, 0.2) is 0 Å². The first-order valence-corrected chi connectivity index (χ1v) is 5.52. The van der Waals surface area contributed by atoms with Gasteiger partial charge < -0.3 is 10.2 Å². The first-order valence-electron chi connectivity index (χ1n) is 5.52. The fraction of sp³-hybridized carbons (Fsp3) is 0.500. The summed E-state index contributed by atoms with van der Waals surface area (Å²) in [6.07, 6.45) is 3.26. The van der Waals surface area contributed by atoms with E-state index >= 15 is 0 Å². The predicted molar refractivity (Wildman–Crippen MR) is 65.3 cm³/mol. The molecule has 0 saturated carbocycles. The van der Waals surface area contributed by atoms with Crippen molar-refractivity contribution in [3.05, 3.63) is 23.9 Å². The van der Waals surface area contributed by atoms with Crippen molar-refractivity contribution in [1.82, 2.24) is 10.3 Å². The van der Waals surface area contributed by atoms with E-state index in [0.717, 1.165) is 17.8 Å². The number of nitrogens with one attached hydrogen (secondary N) is 1. The van der Waals surface area contributed by atoms with Crippen LogP contribution in [0.1, 0.15) is 25.3 Å². The highest BCUT2D eigenvalue weighted by atomic mass is 16.1. The van der Waals surface area contributed by atoms with Crippen LogP contribution in [0.15, 0.2) is 18.3 Å². The van der Waals surface area contributed by atoms with Gasteiger partial charge in [-0.15, -0.1) is 0 Å². The number of hydrogen-bond acceptors (Lipinski definition) is 3. The third-order valence-corrected chi connectivity index (χ3v) is 2.23. The highest BCUT2D eigenvalue weighted by Crippen LogP contribution is 2.07. The smallest absolute Gasteiger partial charge is 0.220 e. The lowest BCUT2D eigenvalue weighted by Gasteiger charge is -2.11. The molecule has 0 aliphatic rings. The monoisotopic (exact) mass is 221 g/mol. The zero-order chi connectivity index (χ0) is 12.0. The fourth-order valence-electron chi connectivity index (χ4n) is 1.30. The van der Waals surface area contributed by atoms with Gasteiger partial charge in [-0.05, 0) is 18.1 Å². The van der Waals surface area contributed by atoms with Crippen molar-refractivity contribution in [1.29, 1.82) is 0 Å². The number of nitrogens with zero attached hydrogens (tertiary/aromatic N) is 2. The molecule has 0 saturated heterocycles. The molecule has 0 aliphatic carbocycles. The van der Waals surface area contributed by atoms with E-state index in [4.69, 9.17) is 0 Å². The van der Waals surface area contributed by atoms with Crippen molar-refractivity contribution in [2.24, 2.45) is 0 Å². The molecule has 0 radical (unpaired) electrons. The highest BCUT2D eigenvalue weighted by Gasteiger charge is 2.00. The zero-order valence-corrected chi connectivity index (χ0v) is 10.2. The summed E-state index contributed by atoms with van der Waals surface area (Å²) < 4.78 is 0. The van der Waals surface area contributed by atoms with E-state index < -0.39 is 0 Å². The topological polar surface area (TPSA) is 45.2 Å². The number of anilines is 1. The molecule has 1 aromatic rings. The molecule has 88 valence electrons. The largest absolute Gasteiger partial charge is 0.363 e. The molecular weight excluding hydrogens is 202 g/mol. The maximum Gasteiger partial charge on any atom is 0.220 e. The molecule has 0 bridgehead atoms. The molecule has 16 heavy (non-hydrogen) atoms. The number of amides is 1. The molecule has 0 aliphatic heterocycles. The molecule has 1 amide bonds. The second-order valence-electron chi connectivity index (χ2n) is 3.95. The maximum atomic E-state index is 11.3. The van der Waals surface area contributed by atoms with Crippen molar-refractivity contribution in [2.75, 3.05) is 19.0 Å². The van der Waals surface area contributed by atoms with Crippen molar-refractivity contribution < 1.29 is 4.79 Å². The third kappa shape index (κ3) is 3.88. The lowest BCUT2D eigenvalue weighted by atomic mass is 10.2. The quantitative estimate of drug-likeness (QED) is 0.820. The summed E-state index contributed by atoms with van der Waals surface area (Å²) in [5, 5.41) is 2.86. The minimum absolute atomic E-state index is 0.0965. The predicted octanol–water partition coefficient (Wildman–Crippen LogP) is 1.56. The van der Waals surface area contributed by atoms with Crippen LogP contribution in [0.3, 0.4) is 0 Å². The lowest BCUT2D eigenvalue weighted by molar-refractivity contribution is -0.121. The molecule has 0 unspecified atom stereocenters. The molecule has 0 spiro atoms. The Kier molecular flexibility index (Phi) is 4.76. The van der Waals surface area contributed by atoms with Crippen molar-refractivity contribution in [3.63, 3.8) is 0 Å². The van der Waals surface area contributed by atoms with Gasteiger partial charge in [-0.25, -0.2) is 4.98 Å². The van der Waals surface area contributed by atoms with Gasteiger partial charge in [0, 0.05) is 33.3 Å². The summed E-state index contributed by atoms with van der Waals surface area (Å²) in [6, 6.07) is 3.93. The average molecular weight is 221 g/mol. The van der Waals surface area contributed by atoms with Crippen molar-refractivity contribution in [3.8, 4) is 0 Å². The maximum absolute atomic E-state index is 11.3. The lowest BCUT2D eigenvalue weighted by Crippen LogP contribution is -2.22. The normalized spacial score (nSPS) is 9.94. The molecule has 4 nitrogen and oxygen atoms in total. The van der Waals surface area contributed by atoms with Crippen molar-refractivity contribution in [2.45, 2.75) is 26.3 Å². The summed E-state index contributed by atoms with van der Waals surface area (Å²) in [5.41, 5.74) is 1.02. The Morgan fingerprint density at radius 3 is 2.69 bits per heavy atom. The minimum atomic E-state index is 0.0965. The van der Waals surface area contributed by atoms with Gasteiger partial charge in [0.05, 0.1) is 0 Å². The summed E-state index contributed by atoms with van der Waals surface area (Å²) in [6.45, 7) is 2.55. The number of hydrogen-bond donors (Lipinski definition) is 1. The molecule has 1 aromatic heterocycles. The number of carbonyl (C=O) groups is 1. The molecule has 0 atom stereocenters. The Balaban J connectivity index is 2.46. The van der Waals surface area contributed by atoms with Crippen LogP contribution in [0.2, 0.25) is 0 Å². The van der Waals surface area contributed by atoms with Gasteiger partial charge in [0.1, 0.15) is 5.82 Å². The van der Waals surface area contributed by atoms with Gasteiger partial charge >= 0.3 is 0 Å². The number of carbonyl (C=O) groups excluding carboxylic acids is 1. The standard InChI is InChI=1S/C12H19N3O/c1-4-5-12(16)14-9-10-6-7-11(13-8-10)15(2)3/h6-8H,4-5,9H2,1-3H3,(H,14,16). The Hall–Kier alpha value is -1.58. The van der Waals surface area contributed by atoms with E-state index in [0.29, 0.717) is 13.0 Å². The second kappa shape index (κ2) is 6.10.